The van der Waals surface area contributed by atoms with Crippen LogP contribution in [0.25, 0.3) is 0 Å². The van der Waals surface area contributed by atoms with E-state index in [4.69, 9.17) is 0 Å². The molecule has 7 heteroatoms. The molecule has 2 aromatic carbocycles. The molecular weight excluding hydrogens is 346 g/mol. The Kier molecular flexibility index (Phi) is 5.49. The molecule has 0 radical (unpaired) electrons. The molecule has 2 amide bonds. The standard InChI is InChI=1S/C20H21N3O4/c1-13(21-20(25)16-8-5-9-17(12-16)23(26)27)19(24)22-18(15-10-11-15)14-6-3-2-4-7-14/h2-9,12-13,15,18H,10-11H2,1H3,(H,21,25)(H,22,24). The van der Waals surface area contributed by atoms with Crippen molar-refractivity contribution >= 4 is 17.5 Å². The number of amides is 2. The van der Waals surface area contributed by atoms with Gasteiger partial charge in [0, 0.05) is 17.7 Å². The number of nitrogens with zero attached hydrogens (tertiary/aromatic N) is 1. The third-order valence-electron chi connectivity index (χ3n) is 4.61. The van der Waals surface area contributed by atoms with Crippen LogP contribution in [0, 0.1) is 16.0 Å². The van der Waals surface area contributed by atoms with Crippen molar-refractivity contribution in [2.75, 3.05) is 0 Å². The fourth-order valence-corrected chi connectivity index (χ4v) is 2.95. The number of carbonyl (C=O) groups excluding carboxylic acids is 2. The lowest BCUT2D eigenvalue weighted by atomic mass is 10.0. The molecule has 27 heavy (non-hydrogen) atoms. The predicted molar refractivity (Wildman–Crippen MR) is 100 cm³/mol. The zero-order valence-corrected chi connectivity index (χ0v) is 14.9. The number of nitrogens with one attached hydrogen (secondary N) is 2. The molecule has 1 aliphatic carbocycles. The number of rotatable bonds is 7. The van der Waals surface area contributed by atoms with E-state index in [0.717, 1.165) is 18.4 Å². The van der Waals surface area contributed by atoms with Crippen LogP contribution in [0.1, 0.15) is 41.7 Å². The number of nitro groups is 1. The first kappa shape index (κ1) is 18.6. The highest BCUT2D eigenvalue weighted by Crippen LogP contribution is 2.40. The van der Waals surface area contributed by atoms with E-state index >= 15 is 0 Å². The molecule has 1 aliphatic rings. The van der Waals surface area contributed by atoms with E-state index < -0.39 is 16.9 Å². The van der Waals surface area contributed by atoms with Crippen molar-refractivity contribution in [2.24, 2.45) is 5.92 Å². The van der Waals surface area contributed by atoms with E-state index in [0.29, 0.717) is 5.92 Å². The number of benzene rings is 2. The van der Waals surface area contributed by atoms with Crippen molar-refractivity contribution in [2.45, 2.75) is 31.8 Å². The molecule has 0 aliphatic heterocycles. The first-order chi connectivity index (χ1) is 13.0. The molecule has 1 fully saturated rings. The molecular formula is C20H21N3O4. The van der Waals surface area contributed by atoms with E-state index in [1.54, 1.807) is 6.92 Å². The van der Waals surface area contributed by atoms with Gasteiger partial charge >= 0.3 is 0 Å². The Labute approximate surface area is 156 Å². The lowest BCUT2D eigenvalue weighted by Gasteiger charge is -2.22. The van der Waals surface area contributed by atoms with Crippen LogP contribution in [-0.2, 0) is 4.79 Å². The van der Waals surface area contributed by atoms with E-state index in [9.17, 15) is 19.7 Å². The van der Waals surface area contributed by atoms with E-state index in [1.807, 2.05) is 30.3 Å². The van der Waals surface area contributed by atoms with E-state index in [1.165, 1.54) is 24.3 Å². The summed E-state index contributed by atoms with van der Waals surface area (Å²) in [6.45, 7) is 1.60. The van der Waals surface area contributed by atoms with Crippen LogP contribution < -0.4 is 10.6 Å². The summed E-state index contributed by atoms with van der Waals surface area (Å²) >= 11 is 0. The fraction of sp³-hybridized carbons (Fsp3) is 0.300. The van der Waals surface area contributed by atoms with Gasteiger partial charge in [0.1, 0.15) is 6.04 Å². The molecule has 2 atom stereocenters. The molecule has 2 aromatic rings. The summed E-state index contributed by atoms with van der Waals surface area (Å²) in [5.41, 5.74) is 1.02. The van der Waals surface area contributed by atoms with Gasteiger partial charge in [0.2, 0.25) is 5.91 Å². The van der Waals surface area contributed by atoms with Crippen molar-refractivity contribution in [1.82, 2.24) is 10.6 Å². The molecule has 0 aromatic heterocycles. The minimum atomic E-state index is -0.762. The van der Waals surface area contributed by atoms with Gasteiger partial charge in [-0.3, -0.25) is 19.7 Å². The second-order valence-electron chi connectivity index (χ2n) is 6.74. The molecule has 3 rings (SSSR count). The van der Waals surface area contributed by atoms with Crippen LogP contribution >= 0.6 is 0 Å². The third-order valence-corrected chi connectivity index (χ3v) is 4.61. The smallest absolute Gasteiger partial charge is 0.270 e. The quantitative estimate of drug-likeness (QED) is 0.580. The number of nitro benzene ring substituents is 1. The first-order valence-corrected chi connectivity index (χ1v) is 8.86. The summed E-state index contributed by atoms with van der Waals surface area (Å²) in [6, 6.07) is 14.3. The summed E-state index contributed by atoms with van der Waals surface area (Å²) < 4.78 is 0. The topological polar surface area (TPSA) is 101 Å². The van der Waals surface area contributed by atoms with Gasteiger partial charge in [-0.15, -0.1) is 0 Å². The van der Waals surface area contributed by atoms with Crippen molar-refractivity contribution in [1.29, 1.82) is 0 Å². The molecule has 0 saturated heterocycles. The second-order valence-corrected chi connectivity index (χ2v) is 6.74. The van der Waals surface area contributed by atoms with Crippen LogP contribution in [0.4, 0.5) is 5.69 Å². The highest BCUT2D eigenvalue weighted by molar-refractivity contribution is 5.97. The van der Waals surface area contributed by atoms with Gasteiger partial charge in [-0.1, -0.05) is 36.4 Å². The summed E-state index contributed by atoms with van der Waals surface area (Å²) in [5, 5.41) is 16.5. The zero-order valence-electron chi connectivity index (χ0n) is 14.9. The third kappa shape index (κ3) is 4.69. The molecule has 0 bridgehead atoms. The minimum Gasteiger partial charge on any atom is -0.347 e. The number of hydrogen-bond donors (Lipinski definition) is 2. The van der Waals surface area contributed by atoms with Gasteiger partial charge in [-0.25, -0.2) is 0 Å². The van der Waals surface area contributed by atoms with E-state index in [2.05, 4.69) is 10.6 Å². The highest BCUT2D eigenvalue weighted by atomic mass is 16.6. The zero-order chi connectivity index (χ0) is 19.4. The van der Waals surface area contributed by atoms with Gasteiger partial charge in [-0.2, -0.15) is 0 Å². The summed E-state index contributed by atoms with van der Waals surface area (Å²) in [6.07, 6.45) is 2.13. The average molecular weight is 367 g/mol. The van der Waals surface area contributed by atoms with Crippen LogP contribution in [-0.4, -0.2) is 22.8 Å². The normalized spacial score (nSPS) is 15.4. The molecule has 0 heterocycles. The molecule has 7 nitrogen and oxygen atoms in total. The Morgan fingerprint density at radius 1 is 1.07 bits per heavy atom. The number of hydrogen-bond acceptors (Lipinski definition) is 4. The Morgan fingerprint density at radius 2 is 1.78 bits per heavy atom. The van der Waals surface area contributed by atoms with Crippen molar-refractivity contribution in [3.63, 3.8) is 0 Å². The maximum atomic E-state index is 12.6. The van der Waals surface area contributed by atoms with Crippen molar-refractivity contribution in [3.05, 3.63) is 75.8 Å². The average Bonchev–Trinajstić information content (AvgIpc) is 3.51. The SMILES string of the molecule is CC(NC(=O)c1cccc([N+](=O)[O-])c1)C(=O)NC(c1ccccc1)C1CC1. The lowest BCUT2D eigenvalue weighted by Crippen LogP contribution is -2.46. The van der Waals surface area contributed by atoms with E-state index in [-0.39, 0.29) is 23.2 Å². The predicted octanol–water partition coefficient (Wildman–Crippen LogP) is 2.98. The van der Waals surface area contributed by atoms with Crippen LogP contribution in [0.5, 0.6) is 0 Å². The fourth-order valence-electron chi connectivity index (χ4n) is 2.95. The highest BCUT2D eigenvalue weighted by Gasteiger charge is 2.34. The maximum absolute atomic E-state index is 12.6. The Morgan fingerprint density at radius 3 is 2.41 bits per heavy atom. The van der Waals surface area contributed by atoms with Crippen LogP contribution in [0.3, 0.4) is 0 Å². The van der Waals surface area contributed by atoms with Gasteiger partial charge < -0.3 is 10.6 Å². The minimum absolute atomic E-state index is 0.0733. The van der Waals surface area contributed by atoms with Gasteiger partial charge in [0.15, 0.2) is 0 Å². The number of non-ortho nitro benzene ring substituents is 1. The molecule has 2 N–H and O–H groups in total. The first-order valence-electron chi connectivity index (χ1n) is 8.86. The maximum Gasteiger partial charge on any atom is 0.270 e. The molecule has 0 spiro atoms. The van der Waals surface area contributed by atoms with Gasteiger partial charge in [0.25, 0.3) is 11.6 Å². The Balaban J connectivity index is 1.64. The van der Waals surface area contributed by atoms with Gasteiger partial charge in [0.05, 0.1) is 11.0 Å². The number of carbonyl (C=O) groups is 2. The van der Waals surface area contributed by atoms with Crippen molar-refractivity contribution in [3.8, 4) is 0 Å². The summed E-state index contributed by atoms with van der Waals surface area (Å²) in [7, 11) is 0. The molecule has 140 valence electrons. The molecule has 1 saturated carbocycles. The van der Waals surface area contributed by atoms with Crippen molar-refractivity contribution < 1.29 is 14.5 Å². The lowest BCUT2D eigenvalue weighted by molar-refractivity contribution is -0.384. The summed E-state index contributed by atoms with van der Waals surface area (Å²) in [5.74, 6) is -0.394. The van der Waals surface area contributed by atoms with Crippen LogP contribution in [0.2, 0.25) is 0 Å². The van der Waals surface area contributed by atoms with Crippen LogP contribution in [0.15, 0.2) is 54.6 Å². The molecule has 2 unspecified atom stereocenters. The largest absolute Gasteiger partial charge is 0.347 e. The monoisotopic (exact) mass is 367 g/mol. The summed E-state index contributed by atoms with van der Waals surface area (Å²) in [4.78, 5) is 35.2. The second kappa shape index (κ2) is 7.99. The van der Waals surface area contributed by atoms with Gasteiger partial charge in [-0.05, 0) is 37.3 Å². The Bertz CT molecular complexity index is 849. The Hall–Kier alpha value is -3.22.